The van der Waals surface area contributed by atoms with Crippen LogP contribution >= 0.6 is 0 Å². The molecule has 0 saturated carbocycles. The first-order chi connectivity index (χ1) is 5.33. The molecule has 0 aromatic carbocycles. The molecule has 0 aromatic heterocycles. The lowest BCUT2D eigenvalue weighted by Crippen LogP contribution is -2.60. The van der Waals surface area contributed by atoms with Gasteiger partial charge >= 0.3 is 6.09 Å². The fourth-order valence-corrected chi connectivity index (χ4v) is 1.49. The van der Waals surface area contributed by atoms with Crippen molar-refractivity contribution in [1.29, 1.82) is 0 Å². The molecule has 2 atom stereocenters. The van der Waals surface area contributed by atoms with Crippen LogP contribution in [0, 0.1) is 5.92 Å². The molecule has 0 N–H and O–H groups in total. The van der Waals surface area contributed by atoms with Crippen LogP contribution in [0.4, 0.5) is 4.79 Å². The zero-order valence-electron chi connectivity index (χ0n) is 6.49. The van der Waals surface area contributed by atoms with Gasteiger partial charge in [-0.05, 0) is 6.92 Å². The number of hydrogen-bond donors (Lipinski definition) is 0. The normalized spacial score (nSPS) is 31.9. The van der Waals surface area contributed by atoms with Crippen LogP contribution in [-0.2, 0) is 4.74 Å². The van der Waals surface area contributed by atoms with Crippen molar-refractivity contribution in [3.63, 3.8) is 0 Å². The summed E-state index contributed by atoms with van der Waals surface area (Å²) in [5, 5.41) is 0. The highest BCUT2D eigenvalue weighted by Gasteiger charge is 2.44. The van der Waals surface area contributed by atoms with Crippen molar-refractivity contribution in [1.82, 2.24) is 4.90 Å². The van der Waals surface area contributed by atoms with Gasteiger partial charge in [0.25, 0.3) is 0 Å². The van der Waals surface area contributed by atoms with Crippen molar-refractivity contribution in [2.45, 2.75) is 13.0 Å². The Labute approximate surface area is 65.6 Å². The molecule has 0 aromatic rings. The van der Waals surface area contributed by atoms with Gasteiger partial charge < -0.3 is 9.64 Å². The Kier molecular flexibility index (Phi) is 1.37. The summed E-state index contributed by atoms with van der Waals surface area (Å²) in [6, 6.07) is 0.356. The van der Waals surface area contributed by atoms with Crippen LogP contribution in [0.2, 0.25) is 0 Å². The summed E-state index contributed by atoms with van der Waals surface area (Å²) in [7, 11) is 0. The third-order valence-corrected chi connectivity index (χ3v) is 2.26. The van der Waals surface area contributed by atoms with E-state index in [1.54, 1.807) is 4.90 Å². The molecule has 0 spiro atoms. The van der Waals surface area contributed by atoms with E-state index in [1.807, 2.05) is 13.0 Å². The zero-order chi connectivity index (χ0) is 7.84. The second kappa shape index (κ2) is 2.26. The van der Waals surface area contributed by atoms with E-state index >= 15 is 0 Å². The van der Waals surface area contributed by atoms with Crippen molar-refractivity contribution in [2.75, 3.05) is 13.2 Å². The number of carbonyl (C=O) groups excluding carboxylic acids is 1. The Bertz CT molecular complexity index is 212. The van der Waals surface area contributed by atoms with E-state index < -0.39 is 0 Å². The summed E-state index contributed by atoms with van der Waals surface area (Å²) >= 11 is 0. The predicted octanol–water partition coefficient (Wildman–Crippen LogP) is 1.01. The van der Waals surface area contributed by atoms with E-state index in [9.17, 15) is 4.79 Å². The van der Waals surface area contributed by atoms with Crippen molar-refractivity contribution in [2.24, 2.45) is 5.92 Å². The topological polar surface area (TPSA) is 29.5 Å². The summed E-state index contributed by atoms with van der Waals surface area (Å²) in [4.78, 5) is 12.8. The number of ether oxygens (including phenoxy) is 1. The molecule has 0 radical (unpaired) electrons. The van der Waals surface area contributed by atoms with Crippen LogP contribution in [0.3, 0.4) is 0 Å². The fraction of sp³-hybridized carbons (Fsp3) is 0.625. The molecule has 1 amide bonds. The fourth-order valence-electron chi connectivity index (χ4n) is 1.49. The molecule has 2 aliphatic rings. The van der Waals surface area contributed by atoms with Gasteiger partial charge in [0.2, 0.25) is 0 Å². The van der Waals surface area contributed by atoms with Crippen molar-refractivity contribution < 1.29 is 9.53 Å². The molecule has 60 valence electrons. The Balaban J connectivity index is 1.88. The van der Waals surface area contributed by atoms with Crippen molar-refractivity contribution in [3.05, 3.63) is 12.2 Å². The Morgan fingerprint density at radius 1 is 1.73 bits per heavy atom. The van der Waals surface area contributed by atoms with Gasteiger partial charge in [0.1, 0.15) is 0 Å². The Morgan fingerprint density at radius 3 is 2.91 bits per heavy atom. The molecule has 11 heavy (non-hydrogen) atoms. The Morgan fingerprint density at radius 2 is 2.55 bits per heavy atom. The van der Waals surface area contributed by atoms with Gasteiger partial charge in [0.05, 0.1) is 12.6 Å². The summed E-state index contributed by atoms with van der Waals surface area (Å²) < 4.78 is 4.85. The molecule has 2 rings (SSSR count). The highest BCUT2D eigenvalue weighted by molar-refractivity contribution is 5.70. The maximum absolute atomic E-state index is 11.1. The zero-order valence-corrected chi connectivity index (χ0v) is 6.49. The lowest BCUT2D eigenvalue weighted by molar-refractivity contribution is 0.0324. The molecule has 1 saturated heterocycles. The van der Waals surface area contributed by atoms with Gasteiger partial charge in [-0.2, -0.15) is 0 Å². The van der Waals surface area contributed by atoms with Crippen LogP contribution in [-0.4, -0.2) is 30.2 Å². The van der Waals surface area contributed by atoms with Crippen LogP contribution in [0.1, 0.15) is 6.92 Å². The monoisotopic (exact) mass is 153 g/mol. The number of nitrogens with zero attached hydrogens (tertiary/aromatic N) is 1. The molecule has 3 heteroatoms. The third kappa shape index (κ3) is 0.836. The van der Waals surface area contributed by atoms with E-state index in [-0.39, 0.29) is 6.09 Å². The number of amides is 1. The Hall–Kier alpha value is -0.990. The minimum atomic E-state index is -0.168. The van der Waals surface area contributed by atoms with Crippen LogP contribution in [0.15, 0.2) is 12.2 Å². The molecule has 3 nitrogen and oxygen atoms in total. The van der Waals surface area contributed by atoms with Crippen LogP contribution in [0.25, 0.3) is 0 Å². The molecule has 1 aliphatic heterocycles. The highest BCUT2D eigenvalue weighted by atomic mass is 16.6. The quantitative estimate of drug-likeness (QED) is 0.526. The average molecular weight is 153 g/mol. The SMILES string of the molecule is CCOC(=O)N1C[C@@H]2C=C[C@@H]21. The van der Waals surface area contributed by atoms with E-state index in [0.717, 1.165) is 6.54 Å². The van der Waals surface area contributed by atoms with Crippen LogP contribution in [0.5, 0.6) is 0 Å². The number of hydrogen-bond acceptors (Lipinski definition) is 2. The minimum absolute atomic E-state index is 0.168. The summed E-state index contributed by atoms with van der Waals surface area (Å²) in [6.45, 7) is 3.14. The number of rotatable bonds is 1. The van der Waals surface area contributed by atoms with Crippen molar-refractivity contribution >= 4 is 6.09 Å². The summed E-state index contributed by atoms with van der Waals surface area (Å²) in [6.07, 6.45) is 4.02. The van der Waals surface area contributed by atoms with Gasteiger partial charge in [-0.1, -0.05) is 12.2 Å². The molecule has 1 aliphatic carbocycles. The van der Waals surface area contributed by atoms with Gasteiger partial charge in [-0.25, -0.2) is 4.79 Å². The van der Waals surface area contributed by atoms with Gasteiger partial charge in [0.15, 0.2) is 0 Å². The lowest BCUT2D eigenvalue weighted by Gasteiger charge is -2.49. The second-order valence-corrected chi connectivity index (χ2v) is 2.89. The number of carbonyl (C=O) groups is 1. The lowest BCUT2D eigenvalue weighted by atomic mass is 9.80. The molecule has 0 bridgehead atoms. The maximum atomic E-state index is 11.1. The van der Waals surface area contributed by atoms with E-state index in [1.165, 1.54) is 0 Å². The first kappa shape index (κ1) is 6.70. The van der Waals surface area contributed by atoms with Gasteiger partial charge in [0, 0.05) is 12.5 Å². The van der Waals surface area contributed by atoms with E-state index in [4.69, 9.17) is 4.74 Å². The van der Waals surface area contributed by atoms with Crippen molar-refractivity contribution in [3.8, 4) is 0 Å². The predicted molar refractivity (Wildman–Crippen MR) is 40.1 cm³/mol. The smallest absolute Gasteiger partial charge is 0.410 e. The second-order valence-electron chi connectivity index (χ2n) is 2.89. The number of likely N-dealkylation sites (tertiary alicyclic amines) is 1. The minimum Gasteiger partial charge on any atom is -0.450 e. The first-order valence-corrected chi connectivity index (χ1v) is 3.94. The molecule has 1 heterocycles. The van der Waals surface area contributed by atoms with E-state index in [0.29, 0.717) is 18.6 Å². The number of fused-ring (bicyclic) bond motifs is 1. The summed E-state index contributed by atoms with van der Waals surface area (Å²) in [5.74, 6) is 0.624. The maximum Gasteiger partial charge on any atom is 0.410 e. The standard InChI is InChI=1S/C8H11NO2/c1-2-11-8(10)9-5-6-3-4-7(6)9/h3-4,6-7H,2,5H2,1H3/t6-,7-/m0/s1. The summed E-state index contributed by atoms with van der Waals surface area (Å²) in [5.41, 5.74) is 0. The molecule has 1 fully saturated rings. The average Bonchev–Trinajstić information content (AvgIpc) is 1.95. The van der Waals surface area contributed by atoms with Crippen LogP contribution < -0.4 is 0 Å². The molecular weight excluding hydrogens is 142 g/mol. The first-order valence-electron chi connectivity index (χ1n) is 3.94. The van der Waals surface area contributed by atoms with Gasteiger partial charge in [-0.3, -0.25) is 0 Å². The molecular formula is C8H11NO2. The van der Waals surface area contributed by atoms with E-state index in [2.05, 4.69) is 6.08 Å². The van der Waals surface area contributed by atoms with Gasteiger partial charge in [-0.15, -0.1) is 0 Å². The molecule has 0 unspecified atom stereocenters. The third-order valence-electron chi connectivity index (χ3n) is 2.26. The largest absolute Gasteiger partial charge is 0.450 e. The highest BCUT2D eigenvalue weighted by Crippen LogP contribution is 2.34.